The summed E-state index contributed by atoms with van der Waals surface area (Å²) in [6, 6.07) is 1.69. The van der Waals surface area contributed by atoms with E-state index in [1.54, 1.807) is 0 Å². The third-order valence-corrected chi connectivity index (χ3v) is 3.93. The maximum atomic E-state index is 6.05. The average molecular weight is 252 g/mol. The van der Waals surface area contributed by atoms with Crippen LogP contribution in [0, 0.1) is 0 Å². The van der Waals surface area contributed by atoms with Crippen LogP contribution in [0.2, 0.25) is 8.67 Å². The molecule has 2 unspecified atom stereocenters. The fraction of sp³-hybridized carbons (Fsp3) is 0.556. The summed E-state index contributed by atoms with van der Waals surface area (Å²) in [4.78, 5) is 0. The zero-order chi connectivity index (χ0) is 10.1. The number of hydrogen-bond acceptors (Lipinski definition) is 3. The Labute approximate surface area is 97.0 Å². The van der Waals surface area contributed by atoms with Crippen LogP contribution < -0.4 is 5.73 Å². The summed E-state index contributed by atoms with van der Waals surface area (Å²) in [5.41, 5.74) is 6.96. The van der Waals surface area contributed by atoms with E-state index in [-0.39, 0.29) is 12.1 Å². The summed E-state index contributed by atoms with van der Waals surface area (Å²) in [6.45, 7) is 0.799. The van der Waals surface area contributed by atoms with E-state index in [0.29, 0.717) is 8.67 Å². The van der Waals surface area contributed by atoms with Crippen molar-refractivity contribution in [2.75, 3.05) is 6.61 Å². The standard InChI is InChI=1S/C9H11Cl2NOS/c10-7-4-5(9(11)14-7)8(12)6-2-1-3-13-6/h4,6,8H,1-3,12H2. The number of hydrogen-bond donors (Lipinski definition) is 1. The number of ether oxygens (including phenoxy) is 1. The smallest absolute Gasteiger partial charge is 0.0992 e. The molecule has 1 saturated heterocycles. The molecule has 1 aliphatic rings. The van der Waals surface area contributed by atoms with E-state index in [4.69, 9.17) is 33.7 Å². The summed E-state index contributed by atoms with van der Waals surface area (Å²) in [7, 11) is 0. The van der Waals surface area contributed by atoms with Gasteiger partial charge in [-0.3, -0.25) is 0 Å². The molecular formula is C9H11Cl2NOS. The minimum absolute atomic E-state index is 0.0955. The van der Waals surface area contributed by atoms with Gasteiger partial charge in [0, 0.05) is 12.2 Å². The Hall–Kier alpha value is 0.200. The van der Waals surface area contributed by atoms with Crippen LogP contribution in [0.15, 0.2) is 6.07 Å². The van der Waals surface area contributed by atoms with E-state index in [1.807, 2.05) is 6.07 Å². The summed E-state index contributed by atoms with van der Waals surface area (Å²) < 4.78 is 6.87. The van der Waals surface area contributed by atoms with Gasteiger partial charge in [0.05, 0.1) is 20.8 Å². The number of nitrogens with two attached hydrogens (primary N) is 1. The van der Waals surface area contributed by atoms with Crippen molar-refractivity contribution < 1.29 is 4.74 Å². The molecule has 78 valence electrons. The maximum absolute atomic E-state index is 6.05. The van der Waals surface area contributed by atoms with Crippen LogP contribution in [0.4, 0.5) is 0 Å². The Morgan fingerprint density at radius 3 is 2.86 bits per heavy atom. The normalized spacial score (nSPS) is 24.1. The van der Waals surface area contributed by atoms with Crippen LogP contribution in [0.5, 0.6) is 0 Å². The van der Waals surface area contributed by atoms with Gasteiger partial charge < -0.3 is 10.5 Å². The van der Waals surface area contributed by atoms with Crippen LogP contribution >= 0.6 is 34.5 Å². The molecule has 1 aromatic rings. The molecule has 5 heteroatoms. The minimum Gasteiger partial charge on any atom is -0.376 e. The molecular weight excluding hydrogens is 241 g/mol. The predicted molar refractivity (Wildman–Crippen MR) is 60.2 cm³/mol. The Balaban J connectivity index is 2.17. The van der Waals surface area contributed by atoms with Crippen molar-refractivity contribution in [3.05, 3.63) is 20.3 Å². The fourth-order valence-electron chi connectivity index (χ4n) is 1.67. The molecule has 0 bridgehead atoms. The molecule has 0 aliphatic carbocycles. The lowest BCUT2D eigenvalue weighted by molar-refractivity contribution is 0.0902. The zero-order valence-electron chi connectivity index (χ0n) is 7.50. The summed E-state index contributed by atoms with van der Waals surface area (Å²) in [6.07, 6.45) is 2.18. The largest absolute Gasteiger partial charge is 0.376 e. The average Bonchev–Trinajstić information content (AvgIpc) is 2.73. The maximum Gasteiger partial charge on any atom is 0.0992 e. The third kappa shape index (κ3) is 2.07. The van der Waals surface area contributed by atoms with Gasteiger partial charge in [-0.1, -0.05) is 23.2 Å². The molecule has 1 aliphatic heterocycles. The molecule has 0 saturated carbocycles. The summed E-state index contributed by atoms with van der Waals surface area (Å²) in [5, 5.41) is 0. The lowest BCUT2D eigenvalue weighted by atomic mass is 10.0. The van der Waals surface area contributed by atoms with Crippen molar-refractivity contribution in [1.82, 2.24) is 0 Å². The van der Waals surface area contributed by atoms with Crippen molar-refractivity contribution in [2.24, 2.45) is 5.73 Å². The summed E-state index contributed by atoms with van der Waals surface area (Å²) in [5.74, 6) is 0. The SMILES string of the molecule is NC(c1cc(Cl)sc1Cl)C1CCCO1. The number of rotatable bonds is 2. The van der Waals surface area contributed by atoms with Crippen molar-refractivity contribution in [3.8, 4) is 0 Å². The minimum atomic E-state index is -0.145. The molecule has 0 spiro atoms. The molecule has 1 aromatic heterocycles. The molecule has 2 N–H and O–H groups in total. The first-order valence-electron chi connectivity index (χ1n) is 4.50. The second kappa shape index (κ2) is 4.37. The molecule has 2 rings (SSSR count). The molecule has 0 aromatic carbocycles. The molecule has 0 amide bonds. The van der Waals surface area contributed by atoms with Gasteiger partial charge in [-0.2, -0.15) is 0 Å². The number of thiophene rings is 1. The van der Waals surface area contributed by atoms with Gasteiger partial charge in [-0.05, 0) is 18.9 Å². The Bertz CT molecular complexity index is 323. The molecule has 2 nitrogen and oxygen atoms in total. The van der Waals surface area contributed by atoms with Gasteiger partial charge >= 0.3 is 0 Å². The monoisotopic (exact) mass is 251 g/mol. The van der Waals surface area contributed by atoms with Gasteiger partial charge in [-0.15, -0.1) is 11.3 Å². The van der Waals surface area contributed by atoms with Gasteiger partial charge in [-0.25, -0.2) is 0 Å². The van der Waals surface area contributed by atoms with Gasteiger partial charge in [0.25, 0.3) is 0 Å². The molecule has 2 heterocycles. The van der Waals surface area contributed by atoms with Crippen LogP contribution in [-0.4, -0.2) is 12.7 Å². The first-order chi connectivity index (χ1) is 6.68. The Morgan fingerprint density at radius 2 is 2.36 bits per heavy atom. The van der Waals surface area contributed by atoms with Crippen molar-refractivity contribution in [2.45, 2.75) is 25.0 Å². The highest BCUT2D eigenvalue weighted by Crippen LogP contribution is 2.37. The highest BCUT2D eigenvalue weighted by Gasteiger charge is 2.26. The molecule has 2 atom stereocenters. The third-order valence-electron chi connectivity index (χ3n) is 2.41. The Morgan fingerprint density at radius 1 is 1.57 bits per heavy atom. The van der Waals surface area contributed by atoms with E-state index in [2.05, 4.69) is 0 Å². The lowest BCUT2D eigenvalue weighted by Crippen LogP contribution is -2.25. The van der Waals surface area contributed by atoms with Crippen LogP contribution in [-0.2, 0) is 4.74 Å². The highest BCUT2D eigenvalue weighted by atomic mass is 35.5. The first kappa shape index (κ1) is 10.7. The van der Waals surface area contributed by atoms with Crippen LogP contribution in [0.1, 0.15) is 24.4 Å². The van der Waals surface area contributed by atoms with E-state index in [1.165, 1.54) is 11.3 Å². The van der Waals surface area contributed by atoms with Crippen LogP contribution in [0.25, 0.3) is 0 Å². The van der Waals surface area contributed by atoms with Gasteiger partial charge in [0.15, 0.2) is 0 Å². The fourth-order valence-corrected chi connectivity index (χ4v) is 3.23. The van der Waals surface area contributed by atoms with Gasteiger partial charge in [0.1, 0.15) is 0 Å². The van der Waals surface area contributed by atoms with Crippen molar-refractivity contribution in [3.63, 3.8) is 0 Å². The van der Waals surface area contributed by atoms with Crippen LogP contribution in [0.3, 0.4) is 0 Å². The number of halogens is 2. The molecule has 0 radical (unpaired) electrons. The molecule has 14 heavy (non-hydrogen) atoms. The quantitative estimate of drug-likeness (QED) is 0.876. The second-order valence-electron chi connectivity index (χ2n) is 3.36. The van der Waals surface area contributed by atoms with E-state index in [9.17, 15) is 0 Å². The first-order valence-corrected chi connectivity index (χ1v) is 6.07. The Kier molecular flexibility index (Phi) is 3.34. The van der Waals surface area contributed by atoms with E-state index < -0.39 is 0 Å². The van der Waals surface area contributed by atoms with E-state index >= 15 is 0 Å². The highest BCUT2D eigenvalue weighted by molar-refractivity contribution is 7.20. The second-order valence-corrected chi connectivity index (χ2v) is 5.64. The van der Waals surface area contributed by atoms with Crippen molar-refractivity contribution >= 4 is 34.5 Å². The van der Waals surface area contributed by atoms with E-state index in [0.717, 1.165) is 25.0 Å². The van der Waals surface area contributed by atoms with Crippen molar-refractivity contribution in [1.29, 1.82) is 0 Å². The van der Waals surface area contributed by atoms with Gasteiger partial charge in [0.2, 0.25) is 0 Å². The molecule has 1 fully saturated rings. The topological polar surface area (TPSA) is 35.2 Å². The zero-order valence-corrected chi connectivity index (χ0v) is 9.83. The lowest BCUT2D eigenvalue weighted by Gasteiger charge is -2.17. The summed E-state index contributed by atoms with van der Waals surface area (Å²) >= 11 is 13.2. The predicted octanol–water partition coefficient (Wildman–Crippen LogP) is 3.23.